The van der Waals surface area contributed by atoms with Gasteiger partial charge in [0.05, 0.1) is 35.2 Å². The lowest BCUT2D eigenvalue weighted by Gasteiger charge is -2.49. The molecule has 0 radical (unpaired) electrons. The van der Waals surface area contributed by atoms with E-state index in [9.17, 15) is 19.2 Å². The van der Waals surface area contributed by atoms with Gasteiger partial charge in [0.1, 0.15) is 5.75 Å². The molecule has 13 nitrogen and oxygen atoms in total. The van der Waals surface area contributed by atoms with Crippen LogP contribution in [-0.4, -0.2) is 85.4 Å². The van der Waals surface area contributed by atoms with Gasteiger partial charge in [0.15, 0.2) is 6.61 Å². The smallest absolute Gasteiger partial charge is 0.267 e. The van der Waals surface area contributed by atoms with Gasteiger partial charge in [-0.3, -0.25) is 28.6 Å². The van der Waals surface area contributed by atoms with E-state index in [1.165, 1.54) is 23.3 Å². The highest BCUT2D eigenvalue weighted by Crippen LogP contribution is 2.33. The van der Waals surface area contributed by atoms with Crippen molar-refractivity contribution in [1.82, 2.24) is 34.1 Å². The standard InChI is InChI=1S/C15H18N2O.C13H16N2O.C12H15NO2.C9H20N2.C9H13NO/c1-15(2,3)13-9-10-14(18)17(16-13)11-12-7-5-4-6-8-12;1-13(2,3)8-15-9-14-11-7-5-4-6-10(11)12(15)16;1-12(2,3)8-4-5-9-10(6-8)15-7-11(14)13-9;1-9(2,3)11-6-8(7-11)10(4)5;1-9(2,3)7-4-5-8(11)10-6-7/h4-10H,11H2,1-3H3;4-7,9H,8H2,1-3H3;4-6H,7H2,1-3H3,(H,13,14);8H,6-7H2,1-5H3;4-6H,1-3H3,(H,10,11). The zero-order valence-electron chi connectivity index (χ0n) is 45.7. The number of para-hydroxylation sites is 1. The van der Waals surface area contributed by atoms with E-state index in [1.54, 1.807) is 29.2 Å². The Labute approximate surface area is 422 Å². The summed E-state index contributed by atoms with van der Waals surface area (Å²) in [7, 11) is 4.31. The van der Waals surface area contributed by atoms with Gasteiger partial charge in [-0.25, -0.2) is 9.67 Å². The number of nitrogens with zero attached hydrogens (tertiary/aromatic N) is 6. The van der Waals surface area contributed by atoms with Crippen molar-refractivity contribution in [2.75, 3.05) is 39.1 Å². The van der Waals surface area contributed by atoms with E-state index in [-0.39, 0.29) is 50.9 Å². The molecule has 3 aromatic carbocycles. The number of rotatable bonds is 4. The first kappa shape index (κ1) is 57.4. The average molecular weight is 971 g/mol. The number of ether oxygens (including phenoxy) is 1. The lowest BCUT2D eigenvalue weighted by atomic mass is 9.87. The molecule has 13 heteroatoms. The fourth-order valence-corrected chi connectivity index (χ4v) is 7.20. The van der Waals surface area contributed by atoms with Crippen LogP contribution in [0.2, 0.25) is 0 Å². The number of nitrogens with one attached hydrogen (secondary N) is 2. The molecular weight excluding hydrogens is 889 g/mol. The van der Waals surface area contributed by atoms with Crippen molar-refractivity contribution >= 4 is 22.5 Å². The van der Waals surface area contributed by atoms with Crippen LogP contribution in [0, 0.1) is 5.41 Å². The second-order valence-corrected chi connectivity index (χ2v) is 23.9. The van der Waals surface area contributed by atoms with Crippen LogP contribution < -0.4 is 26.7 Å². The van der Waals surface area contributed by atoms with Crippen LogP contribution in [0.15, 0.2) is 124 Å². The van der Waals surface area contributed by atoms with E-state index >= 15 is 0 Å². The monoisotopic (exact) mass is 971 g/mol. The number of hydrogen-bond donors (Lipinski definition) is 2. The van der Waals surface area contributed by atoms with Crippen molar-refractivity contribution in [3.8, 4) is 5.75 Å². The van der Waals surface area contributed by atoms with Gasteiger partial charge in [0, 0.05) is 55.0 Å². The molecule has 2 aliphatic heterocycles. The molecule has 1 amide bonds. The second-order valence-electron chi connectivity index (χ2n) is 23.9. The predicted octanol–water partition coefficient (Wildman–Crippen LogP) is 10.0. The van der Waals surface area contributed by atoms with E-state index in [2.05, 4.69) is 148 Å². The Morgan fingerprint density at radius 1 is 0.690 bits per heavy atom. The van der Waals surface area contributed by atoms with Crippen LogP contribution in [0.3, 0.4) is 0 Å². The topological polar surface area (TPSA) is 147 Å². The Hall–Kier alpha value is -6.18. The molecule has 0 unspecified atom stereocenters. The fraction of sp³-hybridized carbons (Fsp3) is 0.483. The Balaban J connectivity index is 0.000000195. The number of anilines is 1. The van der Waals surface area contributed by atoms with Crippen molar-refractivity contribution in [3.05, 3.63) is 163 Å². The molecule has 0 saturated carbocycles. The number of fused-ring (bicyclic) bond motifs is 2. The number of likely N-dealkylation sites (tertiary alicyclic amines) is 1. The molecule has 0 atom stereocenters. The summed E-state index contributed by atoms with van der Waals surface area (Å²) in [6.45, 7) is 36.0. The van der Waals surface area contributed by atoms with Crippen molar-refractivity contribution in [2.45, 2.75) is 145 Å². The van der Waals surface area contributed by atoms with Gasteiger partial charge in [0.25, 0.3) is 17.0 Å². The highest BCUT2D eigenvalue weighted by molar-refractivity contribution is 5.95. The third-order valence-electron chi connectivity index (χ3n) is 11.9. The van der Waals surface area contributed by atoms with Crippen molar-refractivity contribution < 1.29 is 9.53 Å². The Morgan fingerprint density at radius 2 is 1.30 bits per heavy atom. The summed E-state index contributed by atoms with van der Waals surface area (Å²) in [6, 6.07) is 30.9. The van der Waals surface area contributed by atoms with Gasteiger partial charge in [-0.15, -0.1) is 0 Å². The van der Waals surface area contributed by atoms with Crippen molar-refractivity contribution in [1.29, 1.82) is 0 Å². The summed E-state index contributed by atoms with van der Waals surface area (Å²) in [4.78, 5) is 57.5. The molecule has 0 spiro atoms. The predicted molar refractivity (Wildman–Crippen MR) is 292 cm³/mol. The largest absolute Gasteiger partial charge is 0.482 e. The molecule has 3 aromatic heterocycles. The summed E-state index contributed by atoms with van der Waals surface area (Å²) in [5, 5.41) is 7.91. The van der Waals surface area contributed by atoms with Crippen molar-refractivity contribution in [3.63, 3.8) is 0 Å². The number of H-pyrrole nitrogens is 1. The maximum Gasteiger partial charge on any atom is 0.267 e. The summed E-state index contributed by atoms with van der Waals surface area (Å²) in [5.74, 6) is 0.674. The minimum absolute atomic E-state index is 0.0422. The first-order valence-electron chi connectivity index (χ1n) is 24.6. The molecule has 6 aromatic rings. The van der Waals surface area contributed by atoms with Gasteiger partial charge in [-0.1, -0.05) is 138 Å². The fourth-order valence-electron chi connectivity index (χ4n) is 7.20. The average Bonchev–Trinajstić information content (AvgIpc) is 3.24. The third-order valence-corrected chi connectivity index (χ3v) is 11.9. The molecule has 8 rings (SSSR count). The normalized spacial score (nSPS) is 14.1. The molecule has 0 bridgehead atoms. The third kappa shape index (κ3) is 18.2. The van der Waals surface area contributed by atoms with Crippen molar-refractivity contribution in [2.24, 2.45) is 5.41 Å². The van der Waals surface area contributed by atoms with Crippen LogP contribution in [0.4, 0.5) is 5.69 Å². The van der Waals surface area contributed by atoms with E-state index in [0.717, 1.165) is 39.8 Å². The number of carbonyl (C=O) groups is 1. The lowest BCUT2D eigenvalue weighted by molar-refractivity contribution is -0.118. The zero-order chi connectivity index (χ0) is 53.1. The number of carbonyl (C=O) groups excluding carboxylic acids is 1. The highest BCUT2D eigenvalue weighted by Gasteiger charge is 2.35. The van der Waals surface area contributed by atoms with E-state index in [0.29, 0.717) is 24.0 Å². The maximum absolute atomic E-state index is 12.1. The first-order chi connectivity index (χ1) is 32.8. The minimum atomic E-state index is -0.0917. The number of amides is 1. The van der Waals surface area contributed by atoms with Crippen LogP contribution in [0.25, 0.3) is 10.9 Å². The number of benzene rings is 3. The first-order valence-corrected chi connectivity index (χ1v) is 24.6. The number of likely N-dealkylation sites (N-methyl/N-ethyl adjacent to an activating group) is 1. The molecule has 1 fully saturated rings. The van der Waals surface area contributed by atoms with Crippen LogP contribution in [0.5, 0.6) is 5.75 Å². The Kier molecular flexibility index (Phi) is 19.3. The number of hydrogen-bond acceptors (Lipinski definition) is 9. The SMILES string of the molecule is CC(C)(C)Cn1cnc2ccccc2c1=O.CC(C)(C)c1ccc(=O)[nH]c1.CC(C)(C)c1ccc(=O)n(Cc2ccccc2)n1.CC(C)(C)c1ccc2c(c1)OCC(=O)N2.CN(C)C1CN(C(C)(C)C)C1. The van der Waals surface area contributed by atoms with Gasteiger partial charge < -0.3 is 19.9 Å². The summed E-state index contributed by atoms with van der Waals surface area (Å²) >= 11 is 0. The summed E-state index contributed by atoms with van der Waals surface area (Å²) < 4.78 is 8.57. The molecule has 2 aliphatic rings. The zero-order valence-corrected chi connectivity index (χ0v) is 45.7. The number of aromatic nitrogens is 5. The van der Waals surface area contributed by atoms with Crippen LogP contribution in [0.1, 0.15) is 126 Å². The molecule has 2 N–H and O–H groups in total. The summed E-state index contributed by atoms with van der Waals surface area (Å²) in [6.07, 6.45) is 3.40. The van der Waals surface area contributed by atoms with E-state index in [4.69, 9.17) is 4.74 Å². The van der Waals surface area contributed by atoms with Gasteiger partial charge >= 0.3 is 0 Å². The molecule has 0 aliphatic carbocycles. The van der Waals surface area contributed by atoms with E-state index in [1.807, 2.05) is 84.9 Å². The van der Waals surface area contributed by atoms with Crippen LogP contribution >= 0.6 is 0 Å². The summed E-state index contributed by atoms with van der Waals surface area (Å²) in [5.41, 5.74) is 6.43. The Morgan fingerprint density at radius 3 is 1.85 bits per heavy atom. The van der Waals surface area contributed by atoms with E-state index < -0.39 is 0 Å². The molecule has 384 valence electrons. The minimum Gasteiger partial charge on any atom is -0.482 e. The maximum atomic E-state index is 12.1. The van der Waals surface area contributed by atoms with Gasteiger partial charge in [-0.2, -0.15) is 5.10 Å². The highest BCUT2D eigenvalue weighted by atomic mass is 16.5. The Bertz CT molecular complexity index is 2820. The molecular formula is C58H82N8O5. The number of pyridine rings is 1. The van der Waals surface area contributed by atoms with Gasteiger partial charge in [-0.05, 0) is 98.1 Å². The van der Waals surface area contributed by atoms with Crippen LogP contribution in [-0.2, 0) is 34.1 Å². The molecule has 1 saturated heterocycles. The molecule has 5 heterocycles. The van der Waals surface area contributed by atoms with Gasteiger partial charge in [0.2, 0.25) is 5.56 Å². The quantitative estimate of drug-likeness (QED) is 0.176. The lowest BCUT2D eigenvalue weighted by Crippen LogP contribution is -2.63. The molecule has 71 heavy (non-hydrogen) atoms. The number of aromatic amines is 1. The second kappa shape index (κ2) is 23.8.